The summed E-state index contributed by atoms with van der Waals surface area (Å²) in [4.78, 5) is 13.9. The number of carbonyl (C=O) groups excluding carboxylic acids is 1. The number of β-amino-alcohol motifs (C(OH)–C–C–N with tert-alkyl or cyclic N) is 1. The van der Waals surface area contributed by atoms with E-state index in [2.05, 4.69) is 5.10 Å². The minimum atomic E-state index is -4.51. The number of rotatable bonds is 3. The van der Waals surface area contributed by atoms with Gasteiger partial charge in [-0.05, 0) is 23.6 Å². The molecule has 2 heterocycles. The van der Waals surface area contributed by atoms with Crippen molar-refractivity contribution in [2.24, 2.45) is 7.05 Å². The third kappa shape index (κ3) is 3.68. The van der Waals surface area contributed by atoms with Crippen LogP contribution in [0.3, 0.4) is 0 Å². The van der Waals surface area contributed by atoms with Crippen molar-refractivity contribution in [1.29, 1.82) is 0 Å². The topological polar surface area (TPSA) is 58.4 Å². The van der Waals surface area contributed by atoms with Crippen LogP contribution in [-0.2, 0) is 24.4 Å². The summed E-state index contributed by atoms with van der Waals surface area (Å²) in [6, 6.07) is 4.41. The van der Waals surface area contributed by atoms with Gasteiger partial charge in [-0.3, -0.25) is 9.48 Å². The summed E-state index contributed by atoms with van der Waals surface area (Å²) >= 11 is 0. The Bertz CT molecular complexity index is 772. The van der Waals surface area contributed by atoms with Crippen LogP contribution in [0.5, 0.6) is 0 Å². The third-order valence-corrected chi connectivity index (χ3v) is 4.34. The van der Waals surface area contributed by atoms with Gasteiger partial charge in [-0.25, -0.2) is 0 Å². The molecule has 1 fully saturated rings. The Balaban J connectivity index is 1.89. The summed E-state index contributed by atoms with van der Waals surface area (Å²) in [5.74, 6) is -0.327. The van der Waals surface area contributed by atoms with Gasteiger partial charge < -0.3 is 10.0 Å². The highest BCUT2D eigenvalue weighted by Crippen LogP contribution is 2.40. The number of aromatic nitrogens is 2. The smallest absolute Gasteiger partial charge is 0.391 e. The average Bonchev–Trinajstić information content (AvgIpc) is 3.12. The molecule has 134 valence electrons. The van der Waals surface area contributed by atoms with Gasteiger partial charge in [0.1, 0.15) is 0 Å². The number of hydrogen-bond donors (Lipinski definition) is 1. The first-order chi connectivity index (χ1) is 11.8. The van der Waals surface area contributed by atoms with E-state index in [0.717, 1.165) is 6.07 Å². The molecule has 3 rings (SSSR count). The number of alkyl halides is 3. The number of halogens is 3. The van der Waals surface area contributed by atoms with Crippen molar-refractivity contribution in [3.8, 4) is 0 Å². The van der Waals surface area contributed by atoms with Gasteiger partial charge in [-0.15, -0.1) is 0 Å². The Hall–Kier alpha value is -2.35. The lowest BCUT2D eigenvalue weighted by Gasteiger charge is -2.27. The van der Waals surface area contributed by atoms with E-state index in [9.17, 15) is 23.1 Å². The van der Waals surface area contributed by atoms with E-state index >= 15 is 0 Å². The van der Waals surface area contributed by atoms with Crippen molar-refractivity contribution in [3.05, 3.63) is 53.3 Å². The number of aliphatic hydroxyl groups excluding tert-OH is 1. The molecule has 0 bridgehead atoms. The summed E-state index contributed by atoms with van der Waals surface area (Å²) in [5, 5.41) is 13.9. The Morgan fingerprint density at radius 1 is 1.36 bits per heavy atom. The summed E-state index contributed by atoms with van der Waals surface area (Å²) < 4.78 is 41.5. The van der Waals surface area contributed by atoms with Gasteiger partial charge in [0.05, 0.1) is 30.3 Å². The quantitative estimate of drug-likeness (QED) is 0.921. The normalized spacial score (nSPS) is 20.9. The molecule has 1 aromatic heterocycles. The predicted molar refractivity (Wildman–Crippen MR) is 83.4 cm³/mol. The molecule has 1 saturated heterocycles. The summed E-state index contributed by atoms with van der Waals surface area (Å²) in [7, 11) is 1.72. The standard InChI is InChI=1S/C17H18F3N3O2/c1-22-9-11(8-21-22)6-16(25)23-10-12(24)7-15(23)13-4-2-3-5-14(13)17(18,19)20/h2-5,8-9,12,15,24H,6-7,10H2,1H3. The second kappa shape index (κ2) is 6.51. The average molecular weight is 353 g/mol. The van der Waals surface area contributed by atoms with E-state index in [1.165, 1.54) is 23.1 Å². The molecule has 2 unspecified atom stereocenters. The Kier molecular flexibility index (Phi) is 4.55. The van der Waals surface area contributed by atoms with Crippen LogP contribution in [-0.4, -0.2) is 38.3 Å². The predicted octanol–water partition coefficient (Wildman–Crippen LogP) is 2.32. The first-order valence-corrected chi connectivity index (χ1v) is 7.87. The maximum Gasteiger partial charge on any atom is 0.416 e. The van der Waals surface area contributed by atoms with E-state index in [0.29, 0.717) is 5.56 Å². The van der Waals surface area contributed by atoms with Crippen LogP contribution in [0.1, 0.15) is 29.2 Å². The zero-order chi connectivity index (χ0) is 18.2. The van der Waals surface area contributed by atoms with E-state index in [1.807, 2.05) is 0 Å². The van der Waals surface area contributed by atoms with Crippen molar-refractivity contribution in [2.45, 2.75) is 31.2 Å². The van der Waals surface area contributed by atoms with Gasteiger partial charge in [0, 0.05) is 19.8 Å². The van der Waals surface area contributed by atoms with Crippen LogP contribution < -0.4 is 0 Å². The fourth-order valence-corrected chi connectivity index (χ4v) is 3.27. The second-order valence-corrected chi connectivity index (χ2v) is 6.24. The number of amides is 1. The van der Waals surface area contributed by atoms with E-state index in [1.54, 1.807) is 24.1 Å². The molecule has 1 aliphatic heterocycles. The van der Waals surface area contributed by atoms with Crippen molar-refractivity contribution < 1.29 is 23.1 Å². The third-order valence-electron chi connectivity index (χ3n) is 4.34. The number of hydrogen-bond acceptors (Lipinski definition) is 3. The highest BCUT2D eigenvalue weighted by atomic mass is 19.4. The number of nitrogens with zero attached hydrogens (tertiary/aromatic N) is 3. The van der Waals surface area contributed by atoms with Gasteiger partial charge in [-0.2, -0.15) is 18.3 Å². The minimum Gasteiger partial charge on any atom is -0.391 e. The van der Waals surface area contributed by atoms with Crippen LogP contribution in [0.4, 0.5) is 13.2 Å². The molecule has 1 amide bonds. The molecule has 0 radical (unpaired) electrons. The second-order valence-electron chi connectivity index (χ2n) is 6.24. The van der Waals surface area contributed by atoms with Gasteiger partial charge in [0.25, 0.3) is 0 Å². The molecular weight excluding hydrogens is 335 g/mol. The van der Waals surface area contributed by atoms with Crippen molar-refractivity contribution in [3.63, 3.8) is 0 Å². The monoisotopic (exact) mass is 353 g/mol. The van der Waals surface area contributed by atoms with E-state index in [4.69, 9.17) is 0 Å². The van der Waals surface area contributed by atoms with Crippen LogP contribution in [0.2, 0.25) is 0 Å². The fraction of sp³-hybridized carbons (Fsp3) is 0.412. The largest absolute Gasteiger partial charge is 0.416 e. The van der Waals surface area contributed by atoms with Crippen LogP contribution in [0, 0.1) is 0 Å². The van der Waals surface area contributed by atoms with Crippen molar-refractivity contribution >= 4 is 5.91 Å². The summed E-state index contributed by atoms with van der Waals surface area (Å²) in [6.45, 7) is 0.0238. The van der Waals surface area contributed by atoms with Gasteiger partial charge in [0.15, 0.2) is 0 Å². The van der Waals surface area contributed by atoms with Crippen LogP contribution in [0.25, 0.3) is 0 Å². The number of aliphatic hydroxyl groups is 1. The molecule has 1 aliphatic rings. The minimum absolute atomic E-state index is 0.0195. The molecule has 2 aromatic rings. The van der Waals surface area contributed by atoms with Crippen LogP contribution >= 0.6 is 0 Å². The van der Waals surface area contributed by atoms with Crippen molar-refractivity contribution in [2.75, 3.05) is 6.54 Å². The maximum atomic E-state index is 13.3. The molecular formula is C17H18F3N3O2. The highest BCUT2D eigenvalue weighted by Gasteiger charge is 2.41. The van der Waals surface area contributed by atoms with Crippen LogP contribution in [0.15, 0.2) is 36.7 Å². The Labute approximate surface area is 142 Å². The lowest BCUT2D eigenvalue weighted by Crippen LogP contribution is -2.33. The SMILES string of the molecule is Cn1cc(CC(=O)N2CC(O)CC2c2ccccc2C(F)(F)F)cn1. The van der Waals surface area contributed by atoms with Gasteiger partial charge >= 0.3 is 6.18 Å². The van der Waals surface area contributed by atoms with E-state index < -0.39 is 23.9 Å². The molecule has 0 spiro atoms. The molecule has 1 aromatic carbocycles. The first kappa shape index (κ1) is 17.5. The number of carbonyl (C=O) groups is 1. The zero-order valence-electron chi connectivity index (χ0n) is 13.6. The molecule has 2 atom stereocenters. The lowest BCUT2D eigenvalue weighted by molar-refractivity contribution is -0.140. The number of likely N-dealkylation sites (tertiary alicyclic amines) is 1. The maximum absolute atomic E-state index is 13.3. The number of benzene rings is 1. The fourth-order valence-electron chi connectivity index (χ4n) is 3.27. The molecule has 0 saturated carbocycles. The van der Waals surface area contributed by atoms with Gasteiger partial charge in [-0.1, -0.05) is 18.2 Å². The molecule has 8 heteroatoms. The lowest BCUT2D eigenvalue weighted by atomic mass is 9.97. The molecule has 25 heavy (non-hydrogen) atoms. The number of aryl methyl sites for hydroxylation is 1. The summed E-state index contributed by atoms with van der Waals surface area (Å²) in [6.07, 6.45) is -2.00. The molecule has 1 N–H and O–H groups in total. The zero-order valence-corrected chi connectivity index (χ0v) is 13.6. The highest BCUT2D eigenvalue weighted by molar-refractivity contribution is 5.79. The summed E-state index contributed by atoms with van der Waals surface area (Å²) in [5.41, 5.74) is -0.0730. The first-order valence-electron chi connectivity index (χ1n) is 7.87. The Morgan fingerprint density at radius 2 is 2.08 bits per heavy atom. The van der Waals surface area contributed by atoms with E-state index in [-0.39, 0.29) is 30.9 Å². The van der Waals surface area contributed by atoms with Crippen molar-refractivity contribution in [1.82, 2.24) is 14.7 Å². The molecule has 0 aliphatic carbocycles. The van der Waals surface area contributed by atoms with Gasteiger partial charge in [0.2, 0.25) is 5.91 Å². The Morgan fingerprint density at radius 3 is 2.72 bits per heavy atom. The molecule has 5 nitrogen and oxygen atoms in total.